The monoisotopic (exact) mass is 460 g/mol. The number of aliphatic carboxylic acids is 1. The molecule has 0 aliphatic rings. The van der Waals surface area contributed by atoms with E-state index in [4.69, 9.17) is 21.7 Å². The highest BCUT2D eigenvalue weighted by Gasteiger charge is 2.22. The van der Waals surface area contributed by atoms with Gasteiger partial charge in [0.25, 0.3) is 0 Å². The number of hydrogen-bond donors (Lipinski definition) is 2. The van der Waals surface area contributed by atoms with Gasteiger partial charge in [0.05, 0.1) is 12.0 Å². The third kappa shape index (κ3) is 6.81. The maximum atomic E-state index is 11.5. The molecule has 0 unspecified atom stereocenters. The minimum absolute atomic E-state index is 0.0530. The van der Waals surface area contributed by atoms with Crippen molar-refractivity contribution in [1.82, 2.24) is 9.55 Å². The predicted molar refractivity (Wildman–Crippen MR) is 135 cm³/mol. The van der Waals surface area contributed by atoms with E-state index in [0.29, 0.717) is 5.02 Å². The molecule has 3 rings (SSSR count). The molecule has 0 atom stereocenters. The van der Waals surface area contributed by atoms with Crippen molar-refractivity contribution in [3.8, 4) is 11.1 Å². The Morgan fingerprint density at radius 2 is 1.59 bits per heavy atom. The predicted octanol–water partition coefficient (Wildman–Crippen LogP) is 6.73. The van der Waals surface area contributed by atoms with Crippen LogP contribution < -0.4 is 0 Å². The van der Waals surface area contributed by atoms with E-state index in [9.17, 15) is 9.90 Å². The van der Waals surface area contributed by atoms with Gasteiger partial charge >= 0.3 is 5.97 Å². The highest BCUT2D eigenvalue weighted by Crippen LogP contribution is 2.38. The molecular weight excluding hydrogens is 424 g/mol. The van der Waals surface area contributed by atoms with Crippen LogP contribution in [0.15, 0.2) is 24.3 Å². The molecule has 0 aliphatic carbocycles. The van der Waals surface area contributed by atoms with Gasteiger partial charge in [0.2, 0.25) is 0 Å². The van der Waals surface area contributed by atoms with Crippen LogP contribution in [0.1, 0.15) is 64.1 Å². The fourth-order valence-electron chi connectivity index (χ4n) is 3.51. The second kappa shape index (κ2) is 11.5. The van der Waals surface area contributed by atoms with Crippen LogP contribution in [0.3, 0.4) is 0 Å². The largest absolute Gasteiger partial charge is 0.481 e. The zero-order valence-corrected chi connectivity index (χ0v) is 21.6. The number of halogens is 1. The van der Waals surface area contributed by atoms with E-state index < -0.39 is 11.6 Å². The van der Waals surface area contributed by atoms with Crippen LogP contribution >= 0.6 is 11.6 Å². The fourth-order valence-corrected chi connectivity index (χ4v) is 3.63. The zero-order valence-electron chi connectivity index (χ0n) is 20.8. The molecule has 0 amide bonds. The van der Waals surface area contributed by atoms with Crippen molar-refractivity contribution in [2.45, 2.75) is 80.9 Å². The standard InChI is InChI=1S/C20H21ClN2O2.C4H10O.C2H6/c1-5-23-13(4)11(2)18-19(14-6-8-15(21)9-7-14)16(10-17(24)25)12(3)22-20(18)23;1-4(2,3)5;1-2/h6-9H,5,10H2,1-4H3,(H,24,25);5H,1-3H3;1-2H3. The molecule has 2 aromatic heterocycles. The molecule has 0 saturated carbocycles. The lowest BCUT2D eigenvalue weighted by molar-refractivity contribution is -0.136. The second-order valence-corrected chi connectivity index (χ2v) is 8.89. The number of carbonyl (C=O) groups is 1. The van der Waals surface area contributed by atoms with Crippen LogP contribution in [0.5, 0.6) is 0 Å². The quantitative estimate of drug-likeness (QED) is 0.452. The van der Waals surface area contributed by atoms with Crippen LogP contribution in [-0.2, 0) is 17.8 Å². The van der Waals surface area contributed by atoms with E-state index in [1.54, 1.807) is 20.8 Å². The van der Waals surface area contributed by atoms with Gasteiger partial charge in [-0.1, -0.05) is 37.6 Å². The number of aliphatic hydroxyl groups is 1. The van der Waals surface area contributed by atoms with E-state index in [0.717, 1.165) is 51.2 Å². The van der Waals surface area contributed by atoms with E-state index in [2.05, 4.69) is 25.3 Å². The number of aryl methyl sites for hydroxylation is 3. The first-order valence-electron chi connectivity index (χ1n) is 11.0. The Morgan fingerprint density at radius 1 is 1.09 bits per heavy atom. The number of benzene rings is 1. The van der Waals surface area contributed by atoms with Gasteiger partial charge in [0.1, 0.15) is 5.65 Å². The number of hydrogen-bond acceptors (Lipinski definition) is 3. The molecule has 32 heavy (non-hydrogen) atoms. The molecule has 2 heterocycles. The molecule has 0 radical (unpaired) electrons. The minimum atomic E-state index is -0.858. The summed E-state index contributed by atoms with van der Waals surface area (Å²) in [5, 5.41) is 19.6. The molecule has 2 N–H and O–H groups in total. The van der Waals surface area contributed by atoms with Gasteiger partial charge in [-0.25, -0.2) is 4.98 Å². The van der Waals surface area contributed by atoms with Gasteiger partial charge in [-0.05, 0) is 82.9 Å². The molecule has 3 aromatic rings. The highest BCUT2D eigenvalue weighted by molar-refractivity contribution is 6.30. The maximum absolute atomic E-state index is 11.5. The van der Waals surface area contributed by atoms with E-state index in [1.807, 2.05) is 45.0 Å². The number of rotatable bonds is 4. The summed E-state index contributed by atoms with van der Waals surface area (Å²) in [4.78, 5) is 16.2. The SMILES string of the molecule is CC.CC(C)(C)O.CCn1c(C)c(C)c2c(-c3ccc(Cl)cc3)c(CC(=O)O)c(C)nc21. The smallest absolute Gasteiger partial charge is 0.307 e. The van der Waals surface area contributed by atoms with Crippen molar-refractivity contribution in [2.75, 3.05) is 0 Å². The van der Waals surface area contributed by atoms with Crippen molar-refractivity contribution in [3.63, 3.8) is 0 Å². The lowest BCUT2D eigenvalue weighted by Gasteiger charge is -2.14. The van der Waals surface area contributed by atoms with Gasteiger partial charge < -0.3 is 14.8 Å². The van der Waals surface area contributed by atoms with Crippen LogP contribution in [-0.4, -0.2) is 31.3 Å². The van der Waals surface area contributed by atoms with Crippen LogP contribution in [0, 0.1) is 20.8 Å². The Bertz CT molecular complexity index is 1060. The Hall–Kier alpha value is -2.37. The number of pyridine rings is 1. The fraction of sp³-hybridized carbons (Fsp3) is 0.462. The Morgan fingerprint density at radius 3 is 2.03 bits per heavy atom. The molecule has 0 spiro atoms. The second-order valence-electron chi connectivity index (χ2n) is 8.45. The third-order valence-corrected chi connectivity index (χ3v) is 5.09. The van der Waals surface area contributed by atoms with E-state index in [1.165, 1.54) is 0 Å². The van der Waals surface area contributed by atoms with Gasteiger partial charge in [-0.3, -0.25) is 4.79 Å². The van der Waals surface area contributed by atoms with Crippen molar-refractivity contribution in [1.29, 1.82) is 0 Å². The number of carboxylic acids is 1. The summed E-state index contributed by atoms with van der Waals surface area (Å²) >= 11 is 6.05. The molecule has 0 saturated heterocycles. The average molecular weight is 461 g/mol. The summed E-state index contributed by atoms with van der Waals surface area (Å²) in [5.74, 6) is -0.858. The number of nitrogens with zero attached hydrogens (tertiary/aromatic N) is 2. The first-order valence-corrected chi connectivity index (χ1v) is 11.4. The van der Waals surface area contributed by atoms with Crippen LogP contribution in [0.25, 0.3) is 22.2 Å². The zero-order chi connectivity index (χ0) is 24.8. The number of fused-ring (bicyclic) bond motifs is 1. The van der Waals surface area contributed by atoms with Gasteiger partial charge in [0.15, 0.2) is 0 Å². The van der Waals surface area contributed by atoms with Crippen molar-refractivity contribution in [3.05, 3.63) is 51.8 Å². The maximum Gasteiger partial charge on any atom is 0.307 e. The van der Waals surface area contributed by atoms with Crippen LogP contribution in [0.4, 0.5) is 0 Å². The molecule has 176 valence electrons. The van der Waals surface area contributed by atoms with Gasteiger partial charge in [0, 0.05) is 28.3 Å². The molecular formula is C26H37ClN2O3. The third-order valence-electron chi connectivity index (χ3n) is 4.84. The molecule has 6 heteroatoms. The summed E-state index contributed by atoms with van der Waals surface area (Å²) < 4.78 is 2.18. The van der Waals surface area contributed by atoms with Crippen molar-refractivity contribution < 1.29 is 15.0 Å². The molecule has 0 aliphatic heterocycles. The van der Waals surface area contributed by atoms with E-state index in [-0.39, 0.29) is 6.42 Å². The summed E-state index contributed by atoms with van der Waals surface area (Å²) in [7, 11) is 0. The Kier molecular flexibility index (Phi) is 9.93. The number of aromatic nitrogens is 2. The van der Waals surface area contributed by atoms with Crippen molar-refractivity contribution in [2.24, 2.45) is 0 Å². The van der Waals surface area contributed by atoms with Gasteiger partial charge in [-0.2, -0.15) is 0 Å². The summed E-state index contributed by atoms with van der Waals surface area (Å²) in [6.07, 6.45) is -0.0530. The van der Waals surface area contributed by atoms with Gasteiger partial charge in [-0.15, -0.1) is 0 Å². The lowest BCUT2D eigenvalue weighted by atomic mass is 9.92. The summed E-state index contributed by atoms with van der Waals surface area (Å²) in [6, 6.07) is 7.56. The normalized spacial score (nSPS) is 10.8. The number of carboxylic acid groups (broad SMARTS) is 1. The molecule has 0 bridgehead atoms. The lowest BCUT2D eigenvalue weighted by Crippen LogP contribution is -2.10. The summed E-state index contributed by atoms with van der Waals surface area (Å²) in [6.45, 7) is 18.2. The molecule has 5 nitrogen and oxygen atoms in total. The minimum Gasteiger partial charge on any atom is -0.481 e. The average Bonchev–Trinajstić information content (AvgIpc) is 2.93. The van der Waals surface area contributed by atoms with E-state index >= 15 is 0 Å². The Balaban J connectivity index is 0.000000646. The summed E-state index contributed by atoms with van der Waals surface area (Å²) in [5.41, 5.74) is 6.15. The highest BCUT2D eigenvalue weighted by atomic mass is 35.5. The first-order chi connectivity index (χ1) is 14.8. The van der Waals surface area contributed by atoms with Crippen molar-refractivity contribution >= 4 is 28.6 Å². The van der Waals surface area contributed by atoms with Crippen LogP contribution in [0.2, 0.25) is 5.02 Å². The molecule has 0 fully saturated rings. The molecule has 1 aromatic carbocycles. The first kappa shape index (κ1) is 27.7. The topological polar surface area (TPSA) is 75.4 Å². The Labute approximate surface area is 197 Å².